The molecule has 3 atom stereocenters. The number of hydrogen-bond acceptors (Lipinski definition) is 6. The van der Waals surface area contributed by atoms with E-state index in [9.17, 15) is 4.79 Å². The number of nitrogens with one attached hydrogen (secondary N) is 2. The van der Waals surface area contributed by atoms with Gasteiger partial charge in [0.05, 0.1) is 59.9 Å². The van der Waals surface area contributed by atoms with Crippen LogP contribution in [-0.2, 0) is 4.79 Å². The molecular weight excluding hydrogens is 536 g/mol. The smallest absolute Gasteiger partial charge is 0.230 e. The van der Waals surface area contributed by atoms with Gasteiger partial charge in [0.2, 0.25) is 5.91 Å². The van der Waals surface area contributed by atoms with Crippen LogP contribution in [0.5, 0.6) is 0 Å². The molecule has 0 saturated carbocycles. The van der Waals surface area contributed by atoms with Crippen LogP contribution in [0, 0.1) is 0 Å². The SMILES string of the molecule is C[C@@H](C(=O)N1CCC[C@H]1c1ncc(-c2cnc(-c3ccc(-c4cnc([C@@H]5CCCN5C)[nH]4)cc3)cn2)[nH]1)c1ccccc1. The largest absolute Gasteiger partial charge is 0.341 e. The molecule has 2 aliphatic heterocycles. The Labute approximate surface area is 251 Å². The summed E-state index contributed by atoms with van der Waals surface area (Å²) >= 11 is 0. The standard InChI is InChI=1S/C34H36N8O/c1-22(23-8-4-3-5-9-23)34(43)42-17-7-11-31(42)33-38-21-29(40-33)28-20-35-26(18-36-28)24-12-14-25(15-13-24)27-19-37-32(39-27)30-10-6-16-41(30)2/h3-5,8-9,12-15,18-22,30-31H,6-7,10-11,16-17H2,1-2H3,(H,37,39)(H,38,40)/t22-,30+,31+/m1/s1. The fourth-order valence-corrected chi connectivity index (χ4v) is 6.43. The first-order chi connectivity index (χ1) is 21.0. The van der Waals surface area contributed by atoms with Gasteiger partial charge in [-0.25, -0.2) is 9.97 Å². The molecule has 0 spiro atoms. The number of carbonyl (C=O) groups is 1. The molecule has 0 bridgehead atoms. The number of aromatic amines is 2. The second-order valence-corrected chi connectivity index (χ2v) is 11.7. The van der Waals surface area contributed by atoms with Gasteiger partial charge in [0, 0.05) is 12.1 Å². The molecule has 9 heteroatoms. The van der Waals surface area contributed by atoms with Crippen LogP contribution in [0.4, 0.5) is 0 Å². The Balaban J connectivity index is 1.03. The van der Waals surface area contributed by atoms with Crippen molar-refractivity contribution in [2.24, 2.45) is 0 Å². The lowest BCUT2D eigenvalue weighted by Crippen LogP contribution is -2.34. The highest BCUT2D eigenvalue weighted by molar-refractivity contribution is 5.84. The van der Waals surface area contributed by atoms with Crippen molar-refractivity contribution in [2.75, 3.05) is 20.1 Å². The molecule has 2 saturated heterocycles. The molecule has 2 N–H and O–H groups in total. The molecule has 9 nitrogen and oxygen atoms in total. The Morgan fingerprint density at radius 1 is 0.744 bits per heavy atom. The van der Waals surface area contributed by atoms with Crippen LogP contribution in [0.1, 0.15) is 67.8 Å². The number of aromatic nitrogens is 6. The number of H-pyrrole nitrogens is 2. The monoisotopic (exact) mass is 572 g/mol. The number of likely N-dealkylation sites (tertiary alicyclic amines) is 2. The highest BCUT2D eigenvalue weighted by atomic mass is 16.2. The van der Waals surface area contributed by atoms with Crippen LogP contribution in [0.15, 0.2) is 79.4 Å². The summed E-state index contributed by atoms with van der Waals surface area (Å²) < 4.78 is 0. The van der Waals surface area contributed by atoms with Gasteiger partial charge in [0.25, 0.3) is 0 Å². The van der Waals surface area contributed by atoms with Crippen molar-refractivity contribution in [1.29, 1.82) is 0 Å². The summed E-state index contributed by atoms with van der Waals surface area (Å²) in [7, 11) is 2.16. The minimum Gasteiger partial charge on any atom is -0.341 e. The van der Waals surface area contributed by atoms with E-state index in [1.165, 1.54) is 6.42 Å². The van der Waals surface area contributed by atoms with Crippen LogP contribution >= 0.6 is 0 Å². The molecule has 0 aliphatic carbocycles. The van der Waals surface area contributed by atoms with Crippen LogP contribution in [0.2, 0.25) is 0 Å². The number of hydrogen-bond donors (Lipinski definition) is 2. The Hall–Kier alpha value is -4.63. The third-order valence-corrected chi connectivity index (χ3v) is 8.97. The molecular formula is C34H36N8O. The Kier molecular flexibility index (Phi) is 7.32. The van der Waals surface area contributed by atoms with Crippen LogP contribution in [-0.4, -0.2) is 65.7 Å². The minimum atomic E-state index is -0.195. The summed E-state index contributed by atoms with van der Waals surface area (Å²) in [5.41, 5.74) is 6.46. The molecule has 7 rings (SSSR count). The first-order valence-corrected chi connectivity index (χ1v) is 15.1. The number of nitrogens with zero attached hydrogens (tertiary/aromatic N) is 6. The maximum absolute atomic E-state index is 13.4. The van der Waals surface area contributed by atoms with E-state index in [2.05, 4.69) is 61.1 Å². The fraction of sp³-hybridized carbons (Fsp3) is 0.324. The number of carbonyl (C=O) groups excluding carboxylic acids is 1. The van der Waals surface area contributed by atoms with Crippen molar-refractivity contribution in [3.8, 4) is 33.9 Å². The summed E-state index contributed by atoms with van der Waals surface area (Å²) in [4.78, 5) is 43.4. The predicted octanol–water partition coefficient (Wildman–Crippen LogP) is 6.16. The summed E-state index contributed by atoms with van der Waals surface area (Å²) in [6, 6.07) is 18.6. The van der Waals surface area contributed by atoms with Gasteiger partial charge in [-0.1, -0.05) is 54.6 Å². The fourth-order valence-electron chi connectivity index (χ4n) is 6.43. The van der Waals surface area contributed by atoms with E-state index >= 15 is 0 Å². The van der Waals surface area contributed by atoms with E-state index < -0.39 is 0 Å². The Bertz CT molecular complexity index is 1690. The molecule has 1 amide bonds. The van der Waals surface area contributed by atoms with Crippen molar-refractivity contribution < 1.29 is 4.79 Å². The van der Waals surface area contributed by atoms with Gasteiger partial charge in [0.1, 0.15) is 17.3 Å². The third-order valence-electron chi connectivity index (χ3n) is 8.97. The van der Waals surface area contributed by atoms with Crippen molar-refractivity contribution in [1.82, 2.24) is 39.7 Å². The zero-order valence-corrected chi connectivity index (χ0v) is 24.6. The van der Waals surface area contributed by atoms with Gasteiger partial charge in [-0.2, -0.15) is 0 Å². The molecule has 2 fully saturated rings. The second-order valence-electron chi connectivity index (χ2n) is 11.7. The molecule has 3 aromatic heterocycles. The van der Waals surface area contributed by atoms with Crippen molar-refractivity contribution in [2.45, 2.75) is 50.6 Å². The predicted molar refractivity (Wildman–Crippen MR) is 166 cm³/mol. The van der Waals surface area contributed by atoms with E-state index in [4.69, 9.17) is 4.98 Å². The summed E-state index contributed by atoms with van der Waals surface area (Å²) in [6.07, 6.45) is 11.5. The van der Waals surface area contributed by atoms with Gasteiger partial charge >= 0.3 is 0 Å². The normalized spacial score (nSPS) is 19.6. The number of rotatable bonds is 7. The quantitative estimate of drug-likeness (QED) is 0.242. The lowest BCUT2D eigenvalue weighted by Gasteiger charge is -2.26. The third kappa shape index (κ3) is 5.36. The van der Waals surface area contributed by atoms with Crippen molar-refractivity contribution in [3.05, 3.63) is 96.6 Å². The summed E-state index contributed by atoms with van der Waals surface area (Å²) in [5.74, 6) is 1.77. The van der Waals surface area contributed by atoms with E-state index in [0.29, 0.717) is 6.04 Å². The van der Waals surface area contributed by atoms with E-state index in [0.717, 1.165) is 83.5 Å². The molecule has 5 heterocycles. The highest BCUT2D eigenvalue weighted by Gasteiger charge is 2.34. The zero-order chi connectivity index (χ0) is 29.3. The Morgan fingerprint density at radius 3 is 2.09 bits per heavy atom. The van der Waals surface area contributed by atoms with Gasteiger partial charge in [0.15, 0.2) is 0 Å². The maximum Gasteiger partial charge on any atom is 0.230 e. The highest BCUT2D eigenvalue weighted by Crippen LogP contribution is 2.34. The molecule has 218 valence electrons. The molecule has 0 unspecified atom stereocenters. The van der Waals surface area contributed by atoms with Crippen molar-refractivity contribution in [3.63, 3.8) is 0 Å². The van der Waals surface area contributed by atoms with Gasteiger partial charge in [-0.3, -0.25) is 19.7 Å². The lowest BCUT2D eigenvalue weighted by atomic mass is 9.99. The van der Waals surface area contributed by atoms with Crippen molar-refractivity contribution >= 4 is 5.91 Å². The topological polar surface area (TPSA) is 107 Å². The molecule has 0 radical (unpaired) electrons. The van der Waals surface area contributed by atoms with Gasteiger partial charge < -0.3 is 14.9 Å². The molecule has 2 aromatic carbocycles. The summed E-state index contributed by atoms with van der Waals surface area (Å²) in [5, 5.41) is 0. The van der Waals surface area contributed by atoms with E-state index in [1.807, 2.05) is 48.4 Å². The first-order valence-electron chi connectivity index (χ1n) is 15.1. The average Bonchev–Trinajstić information content (AvgIpc) is 3.88. The van der Waals surface area contributed by atoms with E-state index in [-0.39, 0.29) is 17.9 Å². The van der Waals surface area contributed by atoms with E-state index in [1.54, 1.807) is 18.6 Å². The maximum atomic E-state index is 13.4. The van der Waals surface area contributed by atoms with Crippen LogP contribution < -0.4 is 0 Å². The molecule has 5 aromatic rings. The minimum absolute atomic E-state index is 0.0665. The van der Waals surface area contributed by atoms with Gasteiger partial charge in [-0.15, -0.1) is 0 Å². The average molecular weight is 573 g/mol. The summed E-state index contributed by atoms with van der Waals surface area (Å²) in [6.45, 7) is 3.84. The van der Waals surface area contributed by atoms with Gasteiger partial charge in [-0.05, 0) is 57.3 Å². The first kappa shape index (κ1) is 27.2. The molecule has 2 aliphatic rings. The Morgan fingerprint density at radius 2 is 1.37 bits per heavy atom. The second kappa shape index (κ2) is 11.6. The van der Waals surface area contributed by atoms with Crippen LogP contribution in [0.3, 0.4) is 0 Å². The number of benzene rings is 2. The number of imidazole rings is 2. The lowest BCUT2D eigenvalue weighted by molar-refractivity contribution is -0.133. The molecule has 43 heavy (non-hydrogen) atoms. The zero-order valence-electron chi connectivity index (χ0n) is 24.6. The number of amides is 1. The van der Waals surface area contributed by atoms with Crippen LogP contribution in [0.25, 0.3) is 33.9 Å².